The Morgan fingerprint density at radius 2 is 1.85 bits per heavy atom. The molecule has 0 saturated carbocycles. The fraction of sp³-hybridized carbons (Fsp3) is 0.571. The van der Waals surface area contributed by atoms with Crippen molar-refractivity contribution < 1.29 is 13.2 Å². The standard InChI is InChI=1S/C14H24N2O3S/c1-5-16-20(17,18)13-10-8-7-9-12(13)15-11-14(3,4)19-6-2/h7-10,15-16H,5-6,11H2,1-4H3. The van der Waals surface area contributed by atoms with Gasteiger partial charge in [0.15, 0.2) is 0 Å². The molecule has 0 amide bonds. The SMILES string of the molecule is CCNS(=O)(=O)c1ccccc1NCC(C)(C)OCC. The molecule has 0 bridgehead atoms. The minimum atomic E-state index is -3.47. The topological polar surface area (TPSA) is 67.4 Å². The molecule has 0 aliphatic heterocycles. The van der Waals surface area contributed by atoms with Gasteiger partial charge in [0.05, 0.1) is 11.3 Å². The first kappa shape index (κ1) is 16.9. The predicted octanol–water partition coefficient (Wildman–Crippen LogP) is 2.21. The van der Waals surface area contributed by atoms with E-state index in [1.807, 2.05) is 20.8 Å². The van der Waals surface area contributed by atoms with Crippen LogP contribution in [0.25, 0.3) is 0 Å². The van der Waals surface area contributed by atoms with Gasteiger partial charge in [0.1, 0.15) is 4.90 Å². The fourth-order valence-corrected chi connectivity index (χ4v) is 3.09. The quantitative estimate of drug-likeness (QED) is 0.772. The van der Waals surface area contributed by atoms with Gasteiger partial charge in [0.2, 0.25) is 10.0 Å². The number of benzene rings is 1. The largest absolute Gasteiger partial charge is 0.381 e. The van der Waals surface area contributed by atoms with Crippen molar-refractivity contribution in [2.24, 2.45) is 0 Å². The molecule has 0 atom stereocenters. The molecular weight excluding hydrogens is 276 g/mol. The summed E-state index contributed by atoms with van der Waals surface area (Å²) >= 11 is 0. The zero-order valence-corrected chi connectivity index (χ0v) is 13.4. The van der Waals surface area contributed by atoms with Gasteiger partial charge in [-0.05, 0) is 32.9 Å². The number of hydrogen-bond acceptors (Lipinski definition) is 4. The molecule has 0 fully saturated rings. The monoisotopic (exact) mass is 300 g/mol. The van der Waals surface area contributed by atoms with Gasteiger partial charge in [-0.3, -0.25) is 0 Å². The van der Waals surface area contributed by atoms with Crippen molar-refractivity contribution in [2.45, 2.75) is 38.2 Å². The first-order valence-corrected chi connectivity index (χ1v) is 8.27. The Bertz CT molecular complexity index is 527. The van der Waals surface area contributed by atoms with Crippen molar-refractivity contribution >= 4 is 15.7 Å². The summed E-state index contributed by atoms with van der Waals surface area (Å²) in [6, 6.07) is 6.87. The highest BCUT2D eigenvalue weighted by Gasteiger charge is 2.21. The maximum atomic E-state index is 12.1. The van der Waals surface area contributed by atoms with Crippen LogP contribution < -0.4 is 10.0 Å². The van der Waals surface area contributed by atoms with Crippen LogP contribution in [0.3, 0.4) is 0 Å². The lowest BCUT2D eigenvalue weighted by atomic mass is 10.1. The van der Waals surface area contributed by atoms with Gasteiger partial charge in [-0.1, -0.05) is 19.1 Å². The van der Waals surface area contributed by atoms with E-state index in [-0.39, 0.29) is 10.5 Å². The molecule has 1 rings (SSSR count). The van der Waals surface area contributed by atoms with E-state index in [0.717, 1.165) is 0 Å². The van der Waals surface area contributed by atoms with Gasteiger partial charge in [0.25, 0.3) is 0 Å². The van der Waals surface area contributed by atoms with Crippen molar-refractivity contribution in [3.8, 4) is 0 Å². The lowest BCUT2D eigenvalue weighted by molar-refractivity contribution is 0.000660. The number of sulfonamides is 1. The molecule has 0 saturated heterocycles. The van der Waals surface area contributed by atoms with Gasteiger partial charge >= 0.3 is 0 Å². The molecule has 1 aromatic rings. The maximum absolute atomic E-state index is 12.1. The zero-order chi connectivity index (χ0) is 15.2. The van der Waals surface area contributed by atoms with Gasteiger partial charge in [-0.2, -0.15) is 0 Å². The third kappa shape index (κ3) is 4.77. The molecule has 0 heterocycles. The summed E-state index contributed by atoms with van der Waals surface area (Å²) in [6.07, 6.45) is 0. The molecular formula is C14H24N2O3S. The lowest BCUT2D eigenvalue weighted by Gasteiger charge is -2.26. The van der Waals surface area contributed by atoms with Crippen molar-refractivity contribution in [3.05, 3.63) is 24.3 Å². The highest BCUT2D eigenvalue weighted by Crippen LogP contribution is 2.21. The first-order chi connectivity index (χ1) is 9.32. The first-order valence-electron chi connectivity index (χ1n) is 6.79. The predicted molar refractivity (Wildman–Crippen MR) is 81.5 cm³/mol. The van der Waals surface area contributed by atoms with Crippen LogP contribution in [-0.2, 0) is 14.8 Å². The van der Waals surface area contributed by atoms with E-state index in [1.54, 1.807) is 31.2 Å². The van der Waals surface area contributed by atoms with Gasteiger partial charge in [-0.15, -0.1) is 0 Å². The van der Waals surface area contributed by atoms with E-state index in [0.29, 0.717) is 25.4 Å². The second kappa shape index (κ2) is 7.06. The minimum absolute atomic E-state index is 0.258. The third-order valence-electron chi connectivity index (χ3n) is 2.75. The Labute approximate surface area is 121 Å². The van der Waals surface area contributed by atoms with Crippen LogP contribution in [0.4, 0.5) is 5.69 Å². The molecule has 114 valence electrons. The van der Waals surface area contributed by atoms with E-state index >= 15 is 0 Å². The van der Waals surface area contributed by atoms with E-state index in [2.05, 4.69) is 10.0 Å². The summed E-state index contributed by atoms with van der Waals surface area (Å²) in [6.45, 7) is 9.12. The van der Waals surface area contributed by atoms with Crippen molar-refractivity contribution in [1.82, 2.24) is 4.72 Å². The molecule has 20 heavy (non-hydrogen) atoms. The molecule has 0 spiro atoms. The fourth-order valence-electron chi connectivity index (χ4n) is 1.86. The lowest BCUT2D eigenvalue weighted by Crippen LogP contribution is -2.34. The van der Waals surface area contributed by atoms with E-state index in [9.17, 15) is 8.42 Å². The number of nitrogens with one attached hydrogen (secondary N) is 2. The Balaban J connectivity index is 2.92. The number of para-hydroxylation sites is 1. The normalized spacial score (nSPS) is 12.4. The molecule has 0 aliphatic carbocycles. The number of hydrogen-bond donors (Lipinski definition) is 2. The Hall–Kier alpha value is -1.11. The van der Waals surface area contributed by atoms with Crippen molar-refractivity contribution in [2.75, 3.05) is 25.0 Å². The number of ether oxygens (including phenoxy) is 1. The van der Waals surface area contributed by atoms with Gasteiger partial charge in [-0.25, -0.2) is 13.1 Å². The van der Waals surface area contributed by atoms with E-state index in [4.69, 9.17) is 4.74 Å². The Kier molecular flexibility index (Phi) is 5.98. The molecule has 0 unspecified atom stereocenters. The van der Waals surface area contributed by atoms with E-state index < -0.39 is 10.0 Å². The van der Waals surface area contributed by atoms with Crippen LogP contribution in [0.2, 0.25) is 0 Å². The zero-order valence-electron chi connectivity index (χ0n) is 12.6. The Morgan fingerprint density at radius 3 is 2.45 bits per heavy atom. The molecule has 5 nitrogen and oxygen atoms in total. The second-order valence-corrected chi connectivity index (χ2v) is 6.78. The summed E-state index contributed by atoms with van der Waals surface area (Å²) in [5.74, 6) is 0. The average molecular weight is 300 g/mol. The van der Waals surface area contributed by atoms with Gasteiger partial charge < -0.3 is 10.1 Å². The summed E-state index contributed by atoms with van der Waals surface area (Å²) < 4.78 is 32.3. The van der Waals surface area contributed by atoms with Crippen LogP contribution >= 0.6 is 0 Å². The third-order valence-corrected chi connectivity index (χ3v) is 4.35. The number of rotatable bonds is 8. The number of anilines is 1. The summed E-state index contributed by atoms with van der Waals surface area (Å²) in [5, 5.41) is 3.16. The maximum Gasteiger partial charge on any atom is 0.242 e. The Morgan fingerprint density at radius 1 is 1.20 bits per heavy atom. The van der Waals surface area contributed by atoms with Crippen LogP contribution in [-0.4, -0.2) is 33.7 Å². The molecule has 2 N–H and O–H groups in total. The van der Waals surface area contributed by atoms with Crippen LogP contribution in [0, 0.1) is 0 Å². The molecule has 0 aromatic heterocycles. The summed E-state index contributed by atoms with van der Waals surface area (Å²) in [4.78, 5) is 0.258. The van der Waals surface area contributed by atoms with Crippen LogP contribution in [0.1, 0.15) is 27.7 Å². The highest BCUT2D eigenvalue weighted by molar-refractivity contribution is 7.89. The highest BCUT2D eigenvalue weighted by atomic mass is 32.2. The molecule has 0 radical (unpaired) electrons. The van der Waals surface area contributed by atoms with Gasteiger partial charge in [0, 0.05) is 19.7 Å². The molecule has 6 heteroatoms. The van der Waals surface area contributed by atoms with Crippen molar-refractivity contribution in [1.29, 1.82) is 0 Å². The summed E-state index contributed by atoms with van der Waals surface area (Å²) in [5.41, 5.74) is 0.227. The molecule has 0 aliphatic rings. The van der Waals surface area contributed by atoms with Crippen molar-refractivity contribution in [3.63, 3.8) is 0 Å². The smallest absolute Gasteiger partial charge is 0.242 e. The average Bonchev–Trinajstić information content (AvgIpc) is 2.37. The summed E-state index contributed by atoms with van der Waals surface area (Å²) in [7, 11) is -3.47. The second-order valence-electron chi connectivity index (χ2n) is 5.04. The van der Waals surface area contributed by atoms with E-state index in [1.165, 1.54) is 0 Å². The van der Waals surface area contributed by atoms with Crippen LogP contribution in [0.5, 0.6) is 0 Å². The molecule has 1 aromatic carbocycles. The minimum Gasteiger partial charge on any atom is -0.381 e. The van der Waals surface area contributed by atoms with Crippen LogP contribution in [0.15, 0.2) is 29.2 Å².